The number of para-hydroxylation sites is 1. The van der Waals surface area contributed by atoms with Gasteiger partial charge in [-0.05, 0) is 68.0 Å². The average Bonchev–Trinajstić information content (AvgIpc) is 3.70. The van der Waals surface area contributed by atoms with Crippen LogP contribution in [0.5, 0.6) is 5.75 Å². The molecule has 3 aliphatic heterocycles. The first-order valence-electron chi connectivity index (χ1n) is 17.9. The quantitative estimate of drug-likeness (QED) is 0.135. The number of morpholine rings is 1. The molecule has 0 aliphatic carbocycles. The second kappa shape index (κ2) is 14.1. The molecule has 2 N–H and O–H groups in total. The lowest BCUT2D eigenvalue weighted by Gasteiger charge is -2.30. The van der Waals surface area contributed by atoms with Crippen LogP contribution in [0.25, 0.3) is 27.2 Å². The molecule has 258 valence electrons. The van der Waals surface area contributed by atoms with Crippen LogP contribution in [-0.2, 0) is 22.4 Å². The van der Waals surface area contributed by atoms with Gasteiger partial charge in [0.15, 0.2) is 0 Å². The lowest BCUT2D eigenvalue weighted by atomic mass is 9.95. The Bertz CT molecular complexity index is 2040. The number of rotatable bonds is 9. The lowest BCUT2D eigenvalue weighted by Crippen LogP contribution is -2.37. The summed E-state index contributed by atoms with van der Waals surface area (Å²) in [7, 11) is 0. The van der Waals surface area contributed by atoms with Crippen LogP contribution in [-0.4, -0.2) is 69.2 Å². The number of nitrogens with one attached hydrogen (secondary N) is 2. The monoisotopic (exact) mass is 671 g/mol. The standard InChI is InChI=1S/C41H45N5O4/c1-3-49-41(47)40-34(14-8-24-50-37-15-6-10-29-9-4-5-11-32(29)37)33-12-7-13-35-38-28(2)42-43-36(38)27-45(20-21-46(40)39(33)35)31-18-16-30(17-19-31)44-22-25-48-26-23-44/h4-7,9-13,15-19,28,42-43H,3,8,14,20-27H2,1-2H3. The molecule has 1 aromatic heterocycles. The third-order valence-electron chi connectivity index (χ3n) is 10.3. The summed E-state index contributed by atoms with van der Waals surface area (Å²) in [6.07, 6.45) is 1.45. The van der Waals surface area contributed by atoms with E-state index in [1.807, 2.05) is 31.2 Å². The van der Waals surface area contributed by atoms with Crippen molar-refractivity contribution in [3.63, 3.8) is 0 Å². The number of hydrogen-bond donors (Lipinski definition) is 2. The van der Waals surface area contributed by atoms with E-state index in [1.165, 1.54) is 11.3 Å². The smallest absolute Gasteiger partial charge is 0.355 e. The Morgan fingerprint density at radius 1 is 0.860 bits per heavy atom. The first kappa shape index (κ1) is 32.2. The highest BCUT2D eigenvalue weighted by Gasteiger charge is 2.32. The van der Waals surface area contributed by atoms with Crippen molar-refractivity contribution in [2.75, 3.05) is 62.4 Å². The van der Waals surface area contributed by atoms with Gasteiger partial charge in [0.25, 0.3) is 0 Å². The highest BCUT2D eigenvalue weighted by atomic mass is 16.5. The number of benzene rings is 4. The van der Waals surface area contributed by atoms with E-state index in [0.29, 0.717) is 31.9 Å². The molecule has 5 aromatic rings. The molecule has 1 atom stereocenters. The molecular formula is C41H45N5O4. The summed E-state index contributed by atoms with van der Waals surface area (Å²) in [6, 6.07) is 29.9. The Labute approximate surface area is 293 Å². The zero-order valence-corrected chi connectivity index (χ0v) is 28.9. The Morgan fingerprint density at radius 2 is 1.60 bits per heavy atom. The molecule has 8 rings (SSSR count). The minimum Gasteiger partial charge on any atom is -0.493 e. The number of hydrazine groups is 1. The number of fused-ring (bicyclic) bond motifs is 2. The summed E-state index contributed by atoms with van der Waals surface area (Å²) in [5.74, 6) is 0.610. The molecule has 9 heteroatoms. The number of ether oxygens (including phenoxy) is 3. The molecule has 0 saturated carbocycles. The Hall–Kier alpha value is -4.99. The molecule has 4 aromatic carbocycles. The normalized spacial score (nSPS) is 17.7. The minimum atomic E-state index is -0.273. The van der Waals surface area contributed by atoms with E-state index in [4.69, 9.17) is 14.2 Å². The molecular weight excluding hydrogens is 626 g/mol. The number of esters is 1. The zero-order chi connectivity index (χ0) is 34.0. The maximum atomic E-state index is 13.9. The number of anilines is 2. The minimum absolute atomic E-state index is 0.0891. The van der Waals surface area contributed by atoms with Crippen LogP contribution in [0, 0.1) is 0 Å². The van der Waals surface area contributed by atoms with Gasteiger partial charge in [-0.3, -0.25) is 0 Å². The average molecular weight is 672 g/mol. The molecule has 9 nitrogen and oxygen atoms in total. The summed E-state index contributed by atoms with van der Waals surface area (Å²) in [6.45, 7) is 10.3. The molecule has 0 spiro atoms. The van der Waals surface area contributed by atoms with Crippen molar-refractivity contribution in [3.8, 4) is 5.75 Å². The van der Waals surface area contributed by atoms with Crippen molar-refractivity contribution < 1.29 is 19.0 Å². The number of aromatic nitrogens is 1. The maximum Gasteiger partial charge on any atom is 0.355 e. The number of carbonyl (C=O) groups excluding carboxylic acids is 1. The van der Waals surface area contributed by atoms with Crippen molar-refractivity contribution in [1.82, 2.24) is 15.4 Å². The molecule has 1 unspecified atom stereocenters. The summed E-state index contributed by atoms with van der Waals surface area (Å²) in [4.78, 5) is 18.7. The lowest BCUT2D eigenvalue weighted by molar-refractivity contribution is 0.0513. The Balaban J connectivity index is 1.15. The SMILES string of the molecule is CCOC(=O)c1c(CCCOc2cccc3ccccc23)c2cccc3c2n1CCN(c1ccc(N2CCOCC2)cc1)CC1=C3C(C)NN1. The van der Waals surface area contributed by atoms with Crippen molar-refractivity contribution in [2.24, 2.45) is 0 Å². The largest absolute Gasteiger partial charge is 0.493 e. The molecule has 0 amide bonds. The van der Waals surface area contributed by atoms with Crippen LogP contribution in [0.1, 0.15) is 41.9 Å². The van der Waals surface area contributed by atoms with Gasteiger partial charge >= 0.3 is 5.97 Å². The van der Waals surface area contributed by atoms with Gasteiger partial charge in [-0.15, -0.1) is 0 Å². The van der Waals surface area contributed by atoms with Gasteiger partial charge < -0.3 is 34.0 Å². The van der Waals surface area contributed by atoms with E-state index in [-0.39, 0.29) is 12.0 Å². The zero-order valence-electron chi connectivity index (χ0n) is 28.9. The molecule has 1 fully saturated rings. The first-order chi connectivity index (χ1) is 24.6. The van der Waals surface area contributed by atoms with Gasteiger partial charge in [-0.2, -0.15) is 0 Å². The second-order valence-electron chi connectivity index (χ2n) is 13.3. The van der Waals surface area contributed by atoms with Gasteiger partial charge in [0.1, 0.15) is 11.4 Å². The number of carbonyl (C=O) groups is 1. The number of nitrogens with zero attached hydrogens (tertiary/aromatic N) is 3. The van der Waals surface area contributed by atoms with Crippen molar-refractivity contribution in [2.45, 2.75) is 39.3 Å². The summed E-state index contributed by atoms with van der Waals surface area (Å²) in [5.41, 5.74) is 15.7. The first-order valence-corrected chi connectivity index (χ1v) is 17.9. The van der Waals surface area contributed by atoms with Crippen LogP contribution in [0.4, 0.5) is 11.4 Å². The molecule has 3 aliphatic rings. The van der Waals surface area contributed by atoms with E-state index in [0.717, 1.165) is 95.7 Å². The van der Waals surface area contributed by atoms with E-state index in [2.05, 4.69) is 92.8 Å². The highest BCUT2D eigenvalue weighted by Crippen LogP contribution is 2.38. The van der Waals surface area contributed by atoms with Crippen LogP contribution in [0.3, 0.4) is 0 Å². The van der Waals surface area contributed by atoms with Crippen LogP contribution < -0.4 is 25.4 Å². The predicted molar refractivity (Wildman–Crippen MR) is 200 cm³/mol. The highest BCUT2D eigenvalue weighted by molar-refractivity contribution is 6.03. The molecule has 0 bridgehead atoms. The number of aryl methyl sites for hydroxylation is 1. The van der Waals surface area contributed by atoms with Crippen LogP contribution >= 0.6 is 0 Å². The van der Waals surface area contributed by atoms with Gasteiger partial charge in [0.2, 0.25) is 0 Å². The maximum absolute atomic E-state index is 13.9. The third-order valence-corrected chi connectivity index (χ3v) is 10.3. The summed E-state index contributed by atoms with van der Waals surface area (Å²) in [5, 5.41) is 3.37. The second-order valence-corrected chi connectivity index (χ2v) is 13.3. The Kier molecular flexibility index (Phi) is 9.08. The van der Waals surface area contributed by atoms with Gasteiger partial charge in [-0.25, -0.2) is 10.2 Å². The van der Waals surface area contributed by atoms with E-state index < -0.39 is 0 Å². The predicted octanol–water partition coefficient (Wildman–Crippen LogP) is 6.55. The van der Waals surface area contributed by atoms with E-state index in [1.54, 1.807) is 0 Å². The topological polar surface area (TPSA) is 80.2 Å². The fraction of sp³-hybridized carbons (Fsp3) is 0.341. The van der Waals surface area contributed by atoms with Gasteiger partial charge in [0.05, 0.1) is 50.2 Å². The van der Waals surface area contributed by atoms with Crippen molar-refractivity contribution >= 4 is 44.6 Å². The number of hydrogen-bond acceptors (Lipinski definition) is 8. The van der Waals surface area contributed by atoms with Crippen molar-refractivity contribution in [1.29, 1.82) is 0 Å². The molecule has 1 saturated heterocycles. The summed E-state index contributed by atoms with van der Waals surface area (Å²) >= 11 is 0. The molecule has 0 radical (unpaired) electrons. The summed E-state index contributed by atoms with van der Waals surface area (Å²) < 4.78 is 19.9. The van der Waals surface area contributed by atoms with Crippen LogP contribution in [0.15, 0.2) is 90.6 Å². The Morgan fingerprint density at radius 3 is 2.42 bits per heavy atom. The molecule has 4 heterocycles. The third kappa shape index (κ3) is 6.05. The van der Waals surface area contributed by atoms with Crippen LogP contribution in [0.2, 0.25) is 0 Å². The van der Waals surface area contributed by atoms with Crippen molar-refractivity contribution in [3.05, 3.63) is 107 Å². The fourth-order valence-electron chi connectivity index (χ4n) is 7.88. The fourth-order valence-corrected chi connectivity index (χ4v) is 7.88. The van der Waals surface area contributed by atoms with Gasteiger partial charge in [0, 0.05) is 59.5 Å². The van der Waals surface area contributed by atoms with E-state index >= 15 is 0 Å². The van der Waals surface area contributed by atoms with E-state index in [9.17, 15) is 4.79 Å². The molecule has 50 heavy (non-hydrogen) atoms. The van der Waals surface area contributed by atoms with Gasteiger partial charge in [-0.1, -0.05) is 54.6 Å².